The van der Waals surface area contributed by atoms with E-state index in [9.17, 15) is 9.59 Å². The van der Waals surface area contributed by atoms with Crippen LogP contribution in [0.1, 0.15) is 46.5 Å². The van der Waals surface area contributed by atoms with Crippen LogP contribution < -0.4 is 5.32 Å². The molecular formula is C15H26N2O2S. The van der Waals surface area contributed by atoms with Crippen LogP contribution in [0.3, 0.4) is 0 Å². The monoisotopic (exact) mass is 298 g/mol. The molecule has 2 aliphatic rings. The highest BCUT2D eigenvalue weighted by atomic mass is 32.2. The van der Waals surface area contributed by atoms with Crippen LogP contribution in [0.4, 0.5) is 0 Å². The number of carbonyl (C=O) groups excluding carboxylic acids is 2. The molecule has 1 saturated carbocycles. The number of thioether (sulfide) groups is 1. The lowest BCUT2D eigenvalue weighted by Gasteiger charge is -2.42. The predicted octanol–water partition coefficient (Wildman–Crippen LogP) is 2.04. The second kappa shape index (κ2) is 5.58. The zero-order valence-corrected chi connectivity index (χ0v) is 13.8. The number of rotatable bonds is 3. The van der Waals surface area contributed by atoms with Crippen LogP contribution >= 0.6 is 11.8 Å². The van der Waals surface area contributed by atoms with Crippen LogP contribution in [-0.2, 0) is 9.59 Å². The summed E-state index contributed by atoms with van der Waals surface area (Å²) in [5, 5.41) is 2.85. The van der Waals surface area contributed by atoms with Crippen molar-refractivity contribution in [1.82, 2.24) is 10.2 Å². The van der Waals surface area contributed by atoms with Crippen molar-refractivity contribution in [2.75, 3.05) is 19.3 Å². The maximum atomic E-state index is 12.7. The van der Waals surface area contributed by atoms with Crippen molar-refractivity contribution in [3.8, 4) is 0 Å². The first kappa shape index (κ1) is 15.7. The quantitative estimate of drug-likeness (QED) is 0.867. The lowest BCUT2D eigenvalue weighted by molar-refractivity contribution is -0.147. The maximum Gasteiger partial charge on any atom is 0.246 e. The number of hydrogen-bond donors (Lipinski definition) is 1. The predicted molar refractivity (Wildman–Crippen MR) is 82.7 cm³/mol. The fraction of sp³-hybridized carbons (Fsp3) is 0.867. The molecule has 0 radical (unpaired) electrons. The highest BCUT2D eigenvalue weighted by Gasteiger charge is 2.43. The summed E-state index contributed by atoms with van der Waals surface area (Å²) in [6, 6.07) is -0.399. The molecule has 1 aliphatic carbocycles. The molecule has 1 N–H and O–H groups in total. The maximum absolute atomic E-state index is 12.7. The Morgan fingerprint density at radius 3 is 2.40 bits per heavy atom. The standard InChI is InChI=1S/C15H26N2O2S/c1-14(2,3)12-13(19)17(9-11(18)16-12)10-15(20-4)7-5-6-8-15/h12H,5-10H2,1-4H3,(H,16,18). The van der Waals surface area contributed by atoms with Gasteiger partial charge in [0, 0.05) is 11.3 Å². The molecular weight excluding hydrogens is 272 g/mol. The van der Waals surface area contributed by atoms with E-state index < -0.39 is 6.04 Å². The Morgan fingerprint density at radius 1 is 1.30 bits per heavy atom. The first-order valence-corrected chi connectivity index (χ1v) is 8.63. The van der Waals surface area contributed by atoms with E-state index in [0.29, 0.717) is 6.54 Å². The minimum Gasteiger partial charge on any atom is -0.342 e. The van der Waals surface area contributed by atoms with E-state index in [1.807, 2.05) is 32.5 Å². The van der Waals surface area contributed by atoms with E-state index in [4.69, 9.17) is 0 Å². The number of nitrogens with zero attached hydrogens (tertiary/aromatic N) is 1. The molecule has 1 saturated heterocycles. The summed E-state index contributed by atoms with van der Waals surface area (Å²) in [5.74, 6) is 0.0520. The summed E-state index contributed by atoms with van der Waals surface area (Å²) in [7, 11) is 0. The smallest absolute Gasteiger partial charge is 0.246 e. The average Bonchev–Trinajstić information content (AvgIpc) is 2.81. The van der Waals surface area contributed by atoms with E-state index >= 15 is 0 Å². The SMILES string of the molecule is CSC1(CN2CC(=O)NC(C(C)(C)C)C2=O)CCCC1. The van der Waals surface area contributed by atoms with E-state index in [1.165, 1.54) is 12.8 Å². The summed E-state index contributed by atoms with van der Waals surface area (Å²) in [5.41, 5.74) is -0.242. The molecule has 0 aromatic rings. The van der Waals surface area contributed by atoms with Gasteiger partial charge < -0.3 is 10.2 Å². The topological polar surface area (TPSA) is 49.4 Å². The third-order valence-electron chi connectivity index (χ3n) is 4.49. The molecule has 2 fully saturated rings. The molecule has 5 heteroatoms. The van der Waals surface area contributed by atoms with Gasteiger partial charge in [-0.05, 0) is 24.5 Å². The first-order valence-electron chi connectivity index (χ1n) is 7.41. The number of hydrogen-bond acceptors (Lipinski definition) is 3. The minimum atomic E-state index is -0.399. The molecule has 1 atom stereocenters. The Hall–Kier alpha value is -0.710. The van der Waals surface area contributed by atoms with Crippen LogP contribution in [0.25, 0.3) is 0 Å². The summed E-state index contributed by atoms with van der Waals surface area (Å²) in [6.07, 6.45) is 6.90. The highest BCUT2D eigenvalue weighted by molar-refractivity contribution is 8.00. The number of carbonyl (C=O) groups is 2. The van der Waals surface area contributed by atoms with Crippen LogP contribution in [0, 0.1) is 5.41 Å². The molecule has 0 aromatic heterocycles. The van der Waals surface area contributed by atoms with Crippen LogP contribution in [0.15, 0.2) is 0 Å². The fourth-order valence-corrected chi connectivity index (χ4v) is 4.20. The van der Waals surface area contributed by atoms with Gasteiger partial charge in [-0.15, -0.1) is 0 Å². The molecule has 2 amide bonds. The number of piperazine rings is 1. The fourth-order valence-electron chi connectivity index (χ4n) is 3.22. The van der Waals surface area contributed by atoms with Gasteiger partial charge in [-0.25, -0.2) is 0 Å². The second-order valence-electron chi connectivity index (χ2n) is 7.16. The largest absolute Gasteiger partial charge is 0.342 e. The Balaban J connectivity index is 2.14. The van der Waals surface area contributed by atoms with Crippen molar-refractivity contribution >= 4 is 23.6 Å². The van der Waals surface area contributed by atoms with Gasteiger partial charge in [0.2, 0.25) is 11.8 Å². The molecule has 114 valence electrons. The zero-order valence-electron chi connectivity index (χ0n) is 13.0. The van der Waals surface area contributed by atoms with Crippen molar-refractivity contribution < 1.29 is 9.59 Å². The Labute approximate surface area is 126 Å². The molecule has 2 rings (SSSR count). The average molecular weight is 298 g/mol. The summed E-state index contributed by atoms with van der Waals surface area (Å²) >= 11 is 1.86. The summed E-state index contributed by atoms with van der Waals surface area (Å²) < 4.78 is 0.162. The van der Waals surface area contributed by atoms with Crippen molar-refractivity contribution in [2.24, 2.45) is 5.41 Å². The number of amides is 2. The van der Waals surface area contributed by atoms with Gasteiger partial charge in [0.05, 0.1) is 6.54 Å². The van der Waals surface area contributed by atoms with E-state index in [0.717, 1.165) is 12.8 Å². The summed E-state index contributed by atoms with van der Waals surface area (Å²) in [6.45, 7) is 6.93. The third kappa shape index (κ3) is 3.13. The van der Waals surface area contributed by atoms with Crippen molar-refractivity contribution in [2.45, 2.75) is 57.2 Å². The molecule has 4 nitrogen and oxygen atoms in total. The van der Waals surface area contributed by atoms with Crippen LogP contribution in [0.5, 0.6) is 0 Å². The van der Waals surface area contributed by atoms with Crippen LogP contribution in [0.2, 0.25) is 0 Å². The van der Waals surface area contributed by atoms with Gasteiger partial charge in [0.25, 0.3) is 0 Å². The normalized spacial score (nSPS) is 26.8. The molecule has 1 heterocycles. The second-order valence-corrected chi connectivity index (χ2v) is 8.43. The van der Waals surface area contributed by atoms with Crippen molar-refractivity contribution in [1.29, 1.82) is 0 Å². The third-order valence-corrected chi connectivity index (χ3v) is 5.89. The van der Waals surface area contributed by atoms with Gasteiger partial charge in [-0.1, -0.05) is 33.6 Å². The van der Waals surface area contributed by atoms with Crippen molar-refractivity contribution in [3.63, 3.8) is 0 Å². The minimum absolute atomic E-state index is 0.0289. The van der Waals surface area contributed by atoms with Crippen molar-refractivity contribution in [3.05, 3.63) is 0 Å². The van der Waals surface area contributed by atoms with E-state index in [2.05, 4.69) is 11.6 Å². The molecule has 20 heavy (non-hydrogen) atoms. The lowest BCUT2D eigenvalue weighted by atomic mass is 9.84. The Morgan fingerprint density at radius 2 is 1.90 bits per heavy atom. The van der Waals surface area contributed by atoms with E-state index in [-0.39, 0.29) is 28.5 Å². The molecule has 0 aromatic carbocycles. The number of nitrogens with one attached hydrogen (secondary N) is 1. The Kier molecular flexibility index (Phi) is 4.38. The molecule has 1 aliphatic heterocycles. The van der Waals surface area contributed by atoms with Crippen LogP contribution in [-0.4, -0.2) is 46.8 Å². The van der Waals surface area contributed by atoms with E-state index in [1.54, 1.807) is 4.90 Å². The highest BCUT2D eigenvalue weighted by Crippen LogP contribution is 2.41. The molecule has 0 spiro atoms. The van der Waals surface area contributed by atoms with Gasteiger partial charge >= 0.3 is 0 Å². The lowest BCUT2D eigenvalue weighted by Crippen LogP contribution is -2.63. The van der Waals surface area contributed by atoms with Gasteiger partial charge in [0.1, 0.15) is 6.04 Å². The van der Waals surface area contributed by atoms with Gasteiger partial charge in [0.15, 0.2) is 0 Å². The first-order chi connectivity index (χ1) is 9.27. The Bertz CT molecular complexity index is 397. The molecule has 0 bridgehead atoms. The van der Waals surface area contributed by atoms with Gasteiger partial charge in [-0.3, -0.25) is 9.59 Å². The summed E-state index contributed by atoms with van der Waals surface area (Å²) in [4.78, 5) is 26.4. The molecule has 1 unspecified atom stereocenters. The van der Waals surface area contributed by atoms with Gasteiger partial charge in [-0.2, -0.15) is 11.8 Å². The zero-order chi connectivity index (χ0) is 15.0.